The van der Waals surface area contributed by atoms with Crippen LogP contribution in [0.1, 0.15) is 18.4 Å². The Morgan fingerprint density at radius 3 is 2.84 bits per heavy atom. The minimum atomic E-state index is -0.410. The number of urea groups is 1. The summed E-state index contributed by atoms with van der Waals surface area (Å²) >= 11 is 4.77. The molecule has 2 amide bonds. The molecule has 0 saturated heterocycles. The summed E-state index contributed by atoms with van der Waals surface area (Å²) in [5.74, 6) is 0.759. The number of nitrogens with zero attached hydrogens (tertiary/aromatic N) is 3. The first kappa shape index (κ1) is 16.2. The molecule has 2 aromatic heterocycles. The van der Waals surface area contributed by atoms with Crippen molar-refractivity contribution in [3.8, 4) is 5.75 Å². The van der Waals surface area contributed by atoms with Crippen LogP contribution < -0.4 is 15.4 Å². The van der Waals surface area contributed by atoms with Gasteiger partial charge >= 0.3 is 6.03 Å². The van der Waals surface area contributed by atoms with E-state index in [-0.39, 0.29) is 6.03 Å². The van der Waals surface area contributed by atoms with Crippen LogP contribution in [0.2, 0.25) is 0 Å². The van der Waals surface area contributed by atoms with E-state index in [4.69, 9.17) is 4.74 Å². The van der Waals surface area contributed by atoms with E-state index in [1.807, 2.05) is 18.2 Å². The molecular weight excluding hydrogens is 406 g/mol. The van der Waals surface area contributed by atoms with Crippen LogP contribution in [-0.4, -0.2) is 28.1 Å². The SMILES string of the molecule is COc1ccc(Br)cc1C1(NC(=O)Nc2nc3nccnc3s2)CC1. The summed E-state index contributed by atoms with van der Waals surface area (Å²) in [6.07, 6.45) is 4.89. The van der Waals surface area contributed by atoms with E-state index < -0.39 is 5.54 Å². The van der Waals surface area contributed by atoms with Gasteiger partial charge in [-0.1, -0.05) is 27.3 Å². The number of amides is 2. The first-order valence-corrected chi connectivity index (χ1v) is 9.21. The van der Waals surface area contributed by atoms with E-state index in [2.05, 4.69) is 41.5 Å². The lowest BCUT2D eigenvalue weighted by molar-refractivity contribution is 0.247. The van der Waals surface area contributed by atoms with Gasteiger partial charge in [0.2, 0.25) is 0 Å². The minimum absolute atomic E-state index is 0.307. The lowest BCUT2D eigenvalue weighted by Crippen LogP contribution is -2.38. The third-order valence-electron chi connectivity index (χ3n) is 4.05. The molecule has 1 saturated carbocycles. The molecule has 9 heteroatoms. The summed E-state index contributed by atoms with van der Waals surface area (Å²) in [6.45, 7) is 0. The average Bonchev–Trinajstić information content (AvgIpc) is 3.25. The number of halogens is 1. The van der Waals surface area contributed by atoms with Crippen molar-refractivity contribution in [3.63, 3.8) is 0 Å². The number of aromatic nitrogens is 3. The van der Waals surface area contributed by atoms with Gasteiger partial charge in [-0.3, -0.25) is 5.32 Å². The fraction of sp³-hybridized carbons (Fsp3) is 0.250. The number of carbonyl (C=O) groups is 1. The zero-order valence-corrected chi connectivity index (χ0v) is 15.6. The highest BCUT2D eigenvalue weighted by molar-refractivity contribution is 9.10. The van der Waals surface area contributed by atoms with Gasteiger partial charge in [0.25, 0.3) is 0 Å². The van der Waals surface area contributed by atoms with Gasteiger partial charge in [0.15, 0.2) is 15.6 Å². The van der Waals surface area contributed by atoms with E-state index in [0.29, 0.717) is 15.6 Å². The number of benzene rings is 1. The zero-order chi connectivity index (χ0) is 17.4. The van der Waals surface area contributed by atoms with Crippen molar-refractivity contribution < 1.29 is 9.53 Å². The summed E-state index contributed by atoms with van der Waals surface area (Å²) in [6, 6.07) is 5.49. The molecule has 7 nitrogen and oxygen atoms in total. The summed E-state index contributed by atoms with van der Waals surface area (Å²) in [5, 5.41) is 6.30. The molecule has 25 heavy (non-hydrogen) atoms. The Kier molecular flexibility index (Phi) is 4.04. The summed E-state index contributed by atoms with van der Waals surface area (Å²) in [5.41, 5.74) is 1.08. The Balaban J connectivity index is 1.53. The molecule has 1 fully saturated rings. The second kappa shape index (κ2) is 6.23. The number of fused-ring (bicyclic) bond motifs is 1. The van der Waals surface area contributed by atoms with E-state index >= 15 is 0 Å². The van der Waals surface area contributed by atoms with Crippen molar-refractivity contribution in [2.75, 3.05) is 12.4 Å². The predicted octanol–water partition coefficient (Wildman–Crippen LogP) is 3.67. The molecule has 2 heterocycles. The molecular formula is C16H14BrN5O2S. The standard InChI is InChI=1S/C16H14BrN5O2S/c1-24-11-3-2-9(17)8-10(11)16(4-5-16)22-14(23)21-15-20-12-13(25-15)19-7-6-18-12/h2-3,6-8H,4-5H2,1H3,(H2,18,20,21,22,23). The number of methoxy groups -OCH3 is 1. The summed E-state index contributed by atoms with van der Waals surface area (Å²) in [7, 11) is 1.63. The highest BCUT2D eigenvalue weighted by Crippen LogP contribution is 2.49. The number of thiazole rings is 1. The maximum Gasteiger partial charge on any atom is 0.321 e. The normalized spacial score (nSPS) is 15.0. The Morgan fingerprint density at radius 2 is 2.12 bits per heavy atom. The smallest absolute Gasteiger partial charge is 0.321 e. The third-order valence-corrected chi connectivity index (χ3v) is 5.41. The molecule has 128 valence electrons. The Labute approximate surface area is 156 Å². The quantitative estimate of drug-likeness (QED) is 0.673. The van der Waals surface area contributed by atoms with Crippen molar-refractivity contribution in [1.29, 1.82) is 0 Å². The molecule has 0 bridgehead atoms. The Hall–Kier alpha value is -2.26. The van der Waals surface area contributed by atoms with Gasteiger partial charge in [0, 0.05) is 22.4 Å². The van der Waals surface area contributed by atoms with Crippen molar-refractivity contribution >= 4 is 48.9 Å². The van der Waals surface area contributed by atoms with Crippen LogP contribution in [0, 0.1) is 0 Å². The number of hydrogen-bond acceptors (Lipinski definition) is 6. The topological polar surface area (TPSA) is 89.0 Å². The van der Waals surface area contributed by atoms with Crippen LogP contribution in [0.3, 0.4) is 0 Å². The number of rotatable bonds is 4. The van der Waals surface area contributed by atoms with Crippen molar-refractivity contribution in [2.24, 2.45) is 0 Å². The second-order valence-electron chi connectivity index (χ2n) is 5.71. The van der Waals surface area contributed by atoms with Gasteiger partial charge in [-0.25, -0.2) is 14.8 Å². The molecule has 0 radical (unpaired) electrons. The van der Waals surface area contributed by atoms with Crippen molar-refractivity contribution in [3.05, 3.63) is 40.6 Å². The fourth-order valence-electron chi connectivity index (χ4n) is 2.72. The third kappa shape index (κ3) is 3.16. The highest BCUT2D eigenvalue weighted by Gasteiger charge is 2.47. The number of ether oxygens (including phenoxy) is 1. The van der Waals surface area contributed by atoms with Crippen LogP contribution >= 0.6 is 27.3 Å². The first-order valence-electron chi connectivity index (χ1n) is 7.60. The van der Waals surface area contributed by atoms with Crippen LogP contribution in [0.4, 0.5) is 9.93 Å². The van der Waals surface area contributed by atoms with Crippen LogP contribution in [-0.2, 0) is 5.54 Å². The van der Waals surface area contributed by atoms with Gasteiger partial charge < -0.3 is 10.1 Å². The maximum absolute atomic E-state index is 12.5. The minimum Gasteiger partial charge on any atom is -0.496 e. The number of hydrogen-bond donors (Lipinski definition) is 2. The number of carbonyl (C=O) groups excluding carboxylic acids is 1. The molecule has 0 spiro atoms. The molecule has 0 atom stereocenters. The molecule has 3 aromatic rings. The molecule has 0 unspecified atom stereocenters. The molecule has 1 aromatic carbocycles. The van der Waals surface area contributed by atoms with E-state index in [1.54, 1.807) is 19.5 Å². The zero-order valence-electron chi connectivity index (χ0n) is 13.2. The predicted molar refractivity (Wildman–Crippen MR) is 99.0 cm³/mol. The van der Waals surface area contributed by atoms with Crippen molar-refractivity contribution in [2.45, 2.75) is 18.4 Å². The number of anilines is 1. The second-order valence-corrected chi connectivity index (χ2v) is 7.60. The van der Waals surface area contributed by atoms with Gasteiger partial charge in [-0.15, -0.1) is 0 Å². The van der Waals surface area contributed by atoms with Gasteiger partial charge in [0.1, 0.15) is 5.75 Å². The van der Waals surface area contributed by atoms with Gasteiger partial charge in [0.05, 0.1) is 12.6 Å². The lowest BCUT2D eigenvalue weighted by atomic mass is 10.0. The molecule has 1 aliphatic carbocycles. The van der Waals surface area contributed by atoms with E-state index in [0.717, 1.165) is 28.6 Å². The number of nitrogens with one attached hydrogen (secondary N) is 2. The summed E-state index contributed by atoms with van der Waals surface area (Å²) in [4.78, 5) is 25.7. The molecule has 4 rings (SSSR count). The summed E-state index contributed by atoms with van der Waals surface area (Å²) < 4.78 is 6.39. The highest BCUT2D eigenvalue weighted by atomic mass is 79.9. The van der Waals surface area contributed by atoms with E-state index in [1.165, 1.54) is 11.3 Å². The van der Waals surface area contributed by atoms with Crippen molar-refractivity contribution in [1.82, 2.24) is 20.3 Å². The van der Waals surface area contributed by atoms with Gasteiger partial charge in [-0.05, 0) is 31.0 Å². The van der Waals surface area contributed by atoms with Gasteiger partial charge in [-0.2, -0.15) is 4.98 Å². The Morgan fingerprint density at radius 1 is 1.32 bits per heavy atom. The first-order chi connectivity index (χ1) is 12.1. The average molecular weight is 420 g/mol. The fourth-order valence-corrected chi connectivity index (χ4v) is 3.84. The van der Waals surface area contributed by atoms with Crippen LogP contribution in [0.15, 0.2) is 35.1 Å². The lowest BCUT2D eigenvalue weighted by Gasteiger charge is -2.20. The monoisotopic (exact) mass is 419 g/mol. The maximum atomic E-state index is 12.5. The van der Waals surface area contributed by atoms with Crippen LogP contribution in [0.25, 0.3) is 10.5 Å². The largest absolute Gasteiger partial charge is 0.496 e. The molecule has 2 N–H and O–H groups in total. The molecule has 1 aliphatic rings. The molecule has 0 aliphatic heterocycles. The Bertz CT molecular complexity index is 924. The van der Waals surface area contributed by atoms with Crippen LogP contribution in [0.5, 0.6) is 5.75 Å². The van der Waals surface area contributed by atoms with E-state index in [9.17, 15) is 4.79 Å².